The number of ether oxygens (including phenoxy) is 1. The minimum absolute atomic E-state index is 0.0650. The van der Waals surface area contributed by atoms with Gasteiger partial charge in [0.25, 0.3) is 0 Å². The van der Waals surface area contributed by atoms with E-state index in [0.29, 0.717) is 24.8 Å². The van der Waals surface area contributed by atoms with Crippen molar-refractivity contribution in [2.45, 2.75) is 42.0 Å². The highest BCUT2D eigenvalue weighted by Gasteiger charge is 2.34. The Bertz CT molecular complexity index is 1070. The van der Waals surface area contributed by atoms with Crippen LogP contribution in [0.4, 0.5) is 0 Å². The SMILES string of the molecule is O=C(/C=C/c1ccc(S(=O)(=O)NC2CC2)cc1)NCC1(c2ccc(Cl)cc2)CCOCC1. The maximum atomic E-state index is 12.5. The molecule has 0 spiro atoms. The minimum Gasteiger partial charge on any atom is -0.381 e. The molecule has 1 aliphatic heterocycles. The van der Waals surface area contributed by atoms with Gasteiger partial charge in [-0.1, -0.05) is 35.9 Å². The van der Waals surface area contributed by atoms with Gasteiger partial charge in [-0.05, 0) is 67.2 Å². The Kier molecular flexibility index (Phi) is 7.00. The van der Waals surface area contributed by atoms with Crippen LogP contribution in [0.15, 0.2) is 59.5 Å². The highest BCUT2D eigenvalue weighted by atomic mass is 35.5. The van der Waals surface area contributed by atoms with Crippen molar-refractivity contribution in [2.75, 3.05) is 19.8 Å². The molecule has 6 nitrogen and oxygen atoms in total. The second-order valence-corrected chi connectivity index (χ2v) is 10.6. The van der Waals surface area contributed by atoms with Crippen molar-refractivity contribution in [3.05, 3.63) is 70.8 Å². The van der Waals surface area contributed by atoms with Crippen molar-refractivity contribution in [1.29, 1.82) is 0 Å². The predicted molar refractivity (Wildman–Crippen MR) is 125 cm³/mol. The fourth-order valence-electron chi connectivity index (χ4n) is 3.87. The first-order valence-corrected chi connectivity index (χ1v) is 12.6. The van der Waals surface area contributed by atoms with Crippen molar-refractivity contribution in [3.63, 3.8) is 0 Å². The molecule has 1 amide bonds. The topological polar surface area (TPSA) is 84.5 Å². The highest BCUT2D eigenvalue weighted by molar-refractivity contribution is 7.89. The molecule has 1 aliphatic carbocycles. The number of carbonyl (C=O) groups is 1. The summed E-state index contributed by atoms with van der Waals surface area (Å²) in [5.41, 5.74) is 1.71. The van der Waals surface area contributed by atoms with Gasteiger partial charge in [-0.25, -0.2) is 13.1 Å². The quantitative estimate of drug-likeness (QED) is 0.572. The third kappa shape index (κ3) is 5.78. The lowest BCUT2D eigenvalue weighted by atomic mass is 9.74. The van der Waals surface area contributed by atoms with Gasteiger partial charge in [-0.3, -0.25) is 4.79 Å². The van der Waals surface area contributed by atoms with Gasteiger partial charge in [0.15, 0.2) is 0 Å². The van der Waals surface area contributed by atoms with Gasteiger partial charge in [0, 0.05) is 42.3 Å². The standard InChI is InChI=1S/C24H27ClN2O4S/c25-20-6-4-19(5-7-20)24(13-15-31-16-14-24)17-26-23(28)12-3-18-1-10-22(11-2-18)32(29,30)27-21-8-9-21/h1-7,10-12,21,27H,8-9,13-17H2,(H,26,28)/b12-3+. The first-order valence-electron chi connectivity index (χ1n) is 10.8. The summed E-state index contributed by atoms with van der Waals surface area (Å²) in [4.78, 5) is 12.7. The normalized spacial score (nSPS) is 18.5. The van der Waals surface area contributed by atoms with E-state index < -0.39 is 10.0 Å². The molecule has 32 heavy (non-hydrogen) atoms. The molecule has 1 saturated carbocycles. The lowest BCUT2D eigenvalue weighted by molar-refractivity contribution is -0.116. The maximum absolute atomic E-state index is 12.5. The molecule has 170 valence electrons. The Labute approximate surface area is 194 Å². The summed E-state index contributed by atoms with van der Waals surface area (Å²) in [5, 5.41) is 3.71. The lowest BCUT2D eigenvalue weighted by Crippen LogP contribution is -2.44. The van der Waals surface area contributed by atoms with E-state index >= 15 is 0 Å². The number of sulfonamides is 1. The van der Waals surface area contributed by atoms with Crippen LogP contribution in [-0.4, -0.2) is 40.1 Å². The van der Waals surface area contributed by atoms with Crippen LogP contribution in [0.5, 0.6) is 0 Å². The maximum Gasteiger partial charge on any atom is 0.244 e. The molecule has 8 heteroatoms. The second kappa shape index (κ2) is 9.75. The molecule has 0 bridgehead atoms. The number of benzene rings is 2. The Balaban J connectivity index is 1.37. The average molecular weight is 475 g/mol. The Morgan fingerprint density at radius 1 is 1.06 bits per heavy atom. The zero-order valence-corrected chi connectivity index (χ0v) is 19.3. The van der Waals surface area contributed by atoms with Crippen molar-refractivity contribution in [2.24, 2.45) is 0 Å². The zero-order valence-electron chi connectivity index (χ0n) is 17.7. The minimum atomic E-state index is -3.47. The molecule has 1 saturated heterocycles. The van der Waals surface area contributed by atoms with Crippen LogP contribution in [0.2, 0.25) is 5.02 Å². The molecular formula is C24H27ClN2O4S. The summed E-state index contributed by atoms with van der Waals surface area (Å²) in [5.74, 6) is -0.197. The zero-order chi connectivity index (χ0) is 22.6. The van der Waals surface area contributed by atoms with Gasteiger partial charge < -0.3 is 10.1 Å². The fourth-order valence-corrected chi connectivity index (χ4v) is 5.30. The van der Waals surface area contributed by atoms with Gasteiger partial charge in [0.1, 0.15) is 0 Å². The predicted octanol–water partition coefficient (Wildman–Crippen LogP) is 3.66. The number of hydrogen-bond acceptors (Lipinski definition) is 4. The van der Waals surface area contributed by atoms with E-state index in [2.05, 4.69) is 10.0 Å². The Hall–Kier alpha value is -2.19. The molecule has 2 fully saturated rings. The number of hydrogen-bond donors (Lipinski definition) is 2. The van der Waals surface area contributed by atoms with Crippen LogP contribution >= 0.6 is 11.6 Å². The molecule has 2 aliphatic rings. The van der Waals surface area contributed by atoms with Crippen LogP contribution in [0.25, 0.3) is 6.08 Å². The van der Waals surface area contributed by atoms with Crippen LogP contribution < -0.4 is 10.0 Å². The van der Waals surface area contributed by atoms with Crippen LogP contribution in [0.3, 0.4) is 0 Å². The fraction of sp³-hybridized carbons (Fsp3) is 0.375. The largest absolute Gasteiger partial charge is 0.381 e. The summed E-state index contributed by atoms with van der Waals surface area (Å²) in [6.07, 6.45) is 6.58. The number of amides is 1. The van der Waals surface area contributed by atoms with Crippen molar-refractivity contribution < 1.29 is 17.9 Å². The van der Waals surface area contributed by atoms with E-state index in [1.807, 2.05) is 24.3 Å². The first-order chi connectivity index (χ1) is 15.4. The van der Waals surface area contributed by atoms with Gasteiger partial charge in [-0.2, -0.15) is 0 Å². The van der Waals surface area contributed by atoms with Gasteiger partial charge in [-0.15, -0.1) is 0 Å². The van der Waals surface area contributed by atoms with Crippen molar-refractivity contribution >= 4 is 33.6 Å². The highest BCUT2D eigenvalue weighted by Crippen LogP contribution is 2.35. The van der Waals surface area contributed by atoms with E-state index in [-0.39, 0.29) is 22.3 Å². The molecule has 4 rings (SSSR count). The summed E-state index contributed by atoms with van der Waals surface area (Å²) < 4.78 is 32.7. The average Bonchev–Trinajstić information content (AvgIpc) is 3.61. The molecule has 0 atom stereocenters. The number of rotatable bonds is 8. The molecule has 2 aromatic carbocycles. The smallest absolute Gasteiger partial charge is 0.244 e. The molecule has 0 unspecified atom stereocenters. The molecular weight excluding hydrogens is 448 g/mol. The van der Waals surface area contributed by atoms with Gasteiger partial charge in [0.2, 0.25) is 15.9 Å². The third-order valence-electron chi connectivity index (χ3n) is 6.02. The van der Waals surface area contributed by atoms with Crippen molar-refractivity contribution in [3.8, 4) is 0 Å². The monoisotopic (exact) mass is 474 g/mol. The third-order valence-corrected chi connectivity index (χ3v) is 7.81. The van der Waals surface area contributed by atoms with E-state index in [1.54, 1.807) is 30.3 Å². The first kappa shape index (κ1) is 23.0. The number of halogens is 1. The summed E-state index contributed by atoms with van der Waals surface area (Å²) in [7, 11) is -3.47. The molecule has 2 aromatic rings. The molecule has 1 heterocycles. The van der Waals surface area contributed by atoms with Crippen LogP contribution in [0.1, 0.15) is 36.8 Å². The Morgan fingerprint density at radius 2 is 1.72 bits per heavy atom. The van der Waals surface area contributed by atoms with E-state index in [0.717, 1.165) is 36.8 Å². The van der Waals surface area contributed by atoms with Crippen LogP contribution in [0, 0.1) is 0 Å². The summed E-state index contributed by atoms with van der Waals surface area (Å²) in [6.45, 7) is 1.81. The number of nitrogens with one attached hydrogen (secondary N) is 2. The van der Waals surface area contributed by atoms with E-state index in [1.165, 1.54) is 6.08 Å². The molecule has 0 aromatic heterocycles. The molecule has 2 N–H and O–H groups in total. The second-order valence-electron chi connectivity index (χ2n) is 8.42. The summed E-state index contributed by atoms with van der Waals surface area (Å²) >= 11 is 6.04. The van der Waals surface area contributed by atoms with Gasteiger partial charge in [0.05, 0.1) is 4.90 Å². The van der Waals surface area contributed by atoms with E-state index in [4.69, 9.17) is 16.3 Å². The van der Waals surface area contributed by atoms with Crippen molar-refractivity contribution in [1.82, 2.24) is 10.0 Å². The van der Waals surface area contributed by atoms with E-state index in [9.17, 15) is 13.2 Å². The summed E-state index contributed by atoms with van der Waals surface area (Å²) in [6, 6.07) is 14.3. The lowest BCUT2D eigenvalue weighted by Gasteiger charge is -2.37. The Morgan fingerprint density at radius 3 is 2.34 bits per heavy atom. The van der Waals surface area contributed by atoms with Crippen LogP contribution in [-0.2, 0) is 25.0 Å². The number of carbonyl (C=O) groups excluding carboxylic acids is 1. The molecule has 0 radical (unpaired) electrons. The van der Waals surface area contributed by atoms with Gasteiger partial charge >= 0.3 is 0 Å².